The van der Waals surface area contributed by atoms with Gasteiger partial charge in [-0.25, -0.2) is 0 Å². The molecule has 0 aliphatic carbocycles. The third kappa shape index (κ3) is 5.03. The summed E-state index contributed by atoms with van der Waals surface area (Å²) in [7, 11) is 2.15. The molecule has 6 aromatic carbocycles. The normalized spacial score (nSPS) is 10.8. The standard InChI is InChI=1S/C36H27B/c37-36-16-8-15-32(25-36)35-23-33(27-11-5-2-6-12-27)22-34(24-35)31-14-7-13-30(21-31)29-19-17-28(18-20-29)26-9-3-1-4-10-26/h1-25H,37H2. The van der Waals surface area contributed by atoms with Crippen LogP contribution in [0.4, 0.5) is 0 Å². The molecule has 0 bridgehead atoms. The Labute approximate surface area is 220 Å². The van der Waals surface area contributed by atoms with Crippen LogP contribution in [0.25, 0.3) is 55.6 Å². The zero-order chi connectivity index (χ0) is 25.0. The van der Waals surface area contributed by atoms with Crippen LogP contribution in [0, 0.1) is 0 Å². The Balaban J connectivity index is 1.42. The molecule has 0 unspecified atom stereocenters. The number of hydrogen-bond donors (Lipinski definition) is 0. The molecular formula is C36H27B. The van der Waals surface area contributed by atoms with Gasteiger partial charge in [-0.2, -0.15) is 0 Å². The summed E-state index contributed by atoms with van der Waals surface area (Å²) >= 11 is 0. The Morgan fingerprint density at radius 1 is 0.243 bits per heavy atom. The number of hydrogen-bond acceptors (Lipinski definition) is 0. The lowest BCUT2D eigenvalue weighted by Gasteiger charge is -2.13. The van der Waals surface area contributed by atoms with E-state index in [0.29, 0.717) is 0 Å². The predicted octanol–water partition coefficient (Wildman–Crippen LogP) is 8.28. The molecule has 1 heteroatoms. The first kappa shape index (κ1) is 22.8. The monoisotopic (exact) mass is 470 g/mol. The molecule has 37 heavy (non-hydrogen) atoms. The molecule has 0 atom stereocenters. The fourth-order valence-electron chi connectivity index (χ4n) is 4.95. The Bertz CT molecular complexity index is 1650. The summed E-state index contributed by atoms with van der Waals surface area (Å²) in [6, 6.07) is 54.6. The van der Waals surface area contributed by atoms with Crippen LogP contribution in [-0.2, 0) is 0 Å². The fraction of sp³-hybridized carbons (Fsp3) is 0. The summed E-state index contributed by atoms with van der Waals surface area (Å²) in [6.07, 6.45) is 0. The van der Waals surface area contributed by atoms with Crippen molar-refractivity contribution in [1.29, 1.82) is 0 Å². The van der Waals surface area contributed by atoms with Gasteiger partial charge in [-0.15, -0.1) is 0 Å². The summed E-state index contributed by atoms with van der Waals surface area (Å²) in [4.78, 5) is 0. The van der Waals surface area contributed by atoms with Gasteiger partial charge in [-0.3, -0.25) is 0 Å². The second kappa shape index (κ2) is 10.2. The van der Waals surface area contributed by atoms with Gasteiger partial charge in [0.05, 0.1) is 0 Å². The predicted molar refractivity (Wildman–Crippen MR) is 162 cm³/mol. The van der Waals surface area contributed by atoms with E-state index in [1.165, 1.54) is 61.1 Å². The Kier molecular flexibility index (Phi) is 6.27. The van der Waals surface area contributed by atoms with E-state index in [2.05, 4.69) is 160 Å². The van der Waals surface area contributed by atoms with E-state index in [-0.39, 0.29) is 0 Å². The molecule has 0 radical (unpaired) electrons. The van der Waals surface area contributed by atoms with Gasteiger partial charge in [-0.1, -0.05) is 133 Å². The molecule has 0 aromatic heterocycles. The van der Waals surface area contributed by atoms with E-state index in [4.69, 9.17) is 0 Å². The molecule has 0 saturated carbocycles. The van der Waals surface area contributed by atoms with E-state index in [1.54, 1.807) is 0 Å². The summed E-state index contributed by atoms with van der Waals surface area (Å²) in [5, 5.41) is 0. The van der Waals surface area contributed by atoms with Crippen molar-refractivity contribution in [2.45, 2.75) is 0 Å². The first-order valence-corrected chi connectivity index (χ1v) is 12.8. The molecule has 6 rings (SSSR count). The van der Waals surface area contributed by atoms with Gasteiger partial charge in [-0.05, 0) is 79.9 Å². The van der Waals surface area contributed by atoms with Crippen LogP contribution >= 0.6 is 0 Å². The minimum Gasteiger partial charge on any atom is -0.0884 e. The van der Waals surface area contributed by atoms with Gasteiger partial charge in [0.15, 0.2) is 0 Å². The van der Waals surface area contributed by atoms with Crippen molar-refractivity contribution in [2.75, 3.05) is 0 Å². The van der Waals surface area contributed by atoms with Crippen LogP contribution in [0.5, 0.6) is 0 Å². The molecule has 174 valence electrons. The zero-order valence-corrected chi connectivity index (χ0v) is 20.9. The maximum atomic E-state index is 2.32. The SMILES string of the molecule is Bc1cccc(-c2cc(-c3ccccc3)cc(-c3cccc(-c4ccc(-c5ccccc5)cc4)c3)c2)c1. The first-order valence-electron chi connectivity index (χ1n) is 12.8. The van der Waals surface area contributed by atoms with Gasteiger partial charge in [0, 0.05) is 0 Å². The van der Waals surface area contributed by atoms with Crippen molar-refractivity contribution >= 4 is 13.3 Å². The third-order valence-corrected chi connectivity index (χ3v) is 6.91. The number of rotatable bonds is 5. The van der Waals surface area contributed by atoms with E-state index >= 15 is 0 Å². The summed E-state index contributed by atoms with van der Waals surface area (Å²) in [6.45, 7) is 0. The van der Waals surface area contributed by atoms with Crippen molar-refractivity contribution in [2.24, 2.45) is 0 Å². The van der Waals surface area contributed by atoms with Gasteiger partial charge >= 0.3 is 0 Å². The van der Waals surface area contributed by atoms with Crippen molar-refractivity contribution < 1.29 is 0 Å². The highest BCUT2D eigenvalue weighted by Gasteiger charge is 2.09. The minimum atomic E-state index is 1.22. The van der Waals surface area contributed by atoms with Crippen molar-refractivity contribution in [3.63, 3.8) is 0 Å². The molecule has 0 nitrogen and oxygen atoms in total. The van der Waals surface area contributed by atoms with Gasteiger partial charge < -0.3 is 0 Å². The molecule has 0 N–H and O–H groups in total. The Morgan fingerprint density at radius 3 is 1.11 bits per heavy atom. The van der Waals surface area contributed by atoms with Gasteiger partial charge in [0.25, 0.3) is 0 Å². The average Bonchev–Trinajstić information content (AvgIpc) is 2.98. The summed E-state index contributed by atoms with van der Waals surface area (Å²) in [5.74, 6) is 0. The second-order valence-electron chi connectivity index (χ2n) is 9.56. The van der Waals surface area contributed by atoms with Crippen molar-refractivity contribution in [3.05, 3.63) is 152 Å². The average molecular weight is 470 g/mol. The molecule has 0 amide bonds. The molecular weight excluding hydrogens is 443 g/mol. The van der Waals surface area contributed by atoms with E-state index in [0.717, 1.165) is 0 Å². The van der Waals surface area contributed by atoms with Crippen LogP contribution in [0.15, 0.2) is 152 Å². The fourth-order valence-corrected chi connectivity index (χ4v) is 4.95. The number of benzene rings is 6. The Hall–Kier alpha value is -4.62. The van der Waals surface area contributed by atoms with E-state index < -0.39 is 0 Å². The maximum Gasteiger partial charge on any atom is 0.139 e. The second-order valence-corrected chi connectivity index (χ2v) is 9.56. The molecule has 0 fully saturated rings. The molecule has 0 saturated heterocycles. The van der Waals surface area contributed by atoms with Crippen LogP contribution in [0.3, 0.4) is 0 Å². The molecule has 0 spiro atoms. The molecule has 6 aromatic rings. The topological polar surface area (TPSA) is 0 Å². The van der Waals surface area contributed by atoms with Gasteiger partial charge in [0.2, 0.25) is 0 Å². The Morgan fingerprint density at radius 2 is 0.568 bits per heavy atom. The highest BCUT2D eigenvalue weighted by Crippen LogP contribution is 2.34. The molecule has 0 aliphatic heterocycles. The van der Waals surface area contributed by atoms with Crippen LogP contribution in [-0.4, -0.2) is 7.85 Å². The highest BCUT2D eigenvalue weighted by molar-refractivity contribution is 6.32. The highest BCUT2D eigenvalue weighted by atomic mass is 14.1. The van der Waals surface area contributed by atoms with Gasteiger partial charge in [0.1, 0.15) is 7.85 Å². The van der Waals surface area contributed by atoms with Crippen LogP contribution < -0.4 is 5.46 Å². The maximum absolute atomic E-state index is 2.32. The van der Waals surface area contributed by atoms with E-state index in [1.807, 2.05) is 0 Å². The largest absolute Gasteiger partial charge is 0.139 e. The lowest BCUT2D eigenvalue weighted by Crippen LogP contribution is -2.00. The molecule has 0 aliphatic rings. The summed E-state index contributed by atoms with van der Waals surface area (Å²) < 4.78 is 0. The minimum absolute atomic E-state index is 1.22. The van der Waals surface area contributed by atoms with Crippen LogP contribution in [0.2, 0.25) is 0 Å². The quantitative estimate of drug-likeness (QED) is 0.223. The van der Waals surface area contributed by atoms with Crippen molar-refractivity contribution in [1.82, 2.24) is 0 Å². The summed E-state index contributed by atoms with van der Waals surface area (Å²) in [5.41, 5.74) is 13.6. The lowest BCUT2D eigenvalue weighted by molar-refractivity contribution is 1.56. The molecule has 0 heterocycles. The van der Waals surface area contributed by atoms with E-state index in [9.17, 15) is 0 Å². The lowest BCUT2D eigenvalue weighted by atomic mass is 9.89. The third-order valence-electron chi connectivity index (χ3n) is 6.91. The zero-order valence-electron chi connectivity index (χ0n) is 20.9. The van der Waals surface area contributed by atoms with Crippen LogP contribution in [0.1, 0.15) is 0 Å². The van der Waals surface area contributed by atoms with Crippen molar-refractivity contribution in [3.8, 4) is 55.6 Å². The first-order chi connectivity index (χ1) is 18.2. The smallest absolute Gasteiger partial charge is 0.0884 e.